The van der Waals surface area contributed by atoms with E-state index in [1.165, 1.54) is 0 Å². The minimum atomic E-state index is -1.10. The van der Waals surface area contributed by atoms with Crippen molar-refractivity contribution in [2.75, 3.05) is 13.1 Å². The number of carboxylic acids is 1. The second-order valence-corrected chi connectivity index (χ2v) is 7.12. The molecule has 8 nitrogen and oxygen atoms in total. The Hall–Kier alpha value is -2.12. The van der Waals surface area contributed by atoms with Crippen molar-refractivity contribution >= 4 is 23.7 Å². The van der Waals surface area contributed by atoms with Gasteiger partial charge in [-0.2, -0.15) is 0 Å². The summed E-state index contributed by atoms with van der Waals surface area (Å²) in [6.45, 7) is 8.89. The maximum absolute atomic E-state index is 11.7. The highest BCUT2D eigenvalue weighted by Gasteiger charge is 2.22. The first-order chi connectivity index (χ1) is 10.9. The third-order valence-electron chi connectivity index (χ3n) is 3.11. The second-order valence-electron chi connectivity index (χ2n) is 7.12. The highest BCUT2D eigenvalue weighted by atomic mass is 16.4. The van der Waals surface area contributed by atoms with Gasteiger partial charge in [0.15, 0.2) is 0 Å². The number of amides is 3. The quantitative estimate of drug-likeness (QED) is 0.478. The van der Waals surface area contributed by atoms with E-state index in [1.54, 1.807) is 20.8 Å². The molecule has 0 aliphatic carbocycles. The molecule has 0 aliphatic rings. The Morgan fingerprint density at radius 2 is 1.58 bits per heavy atom. The summed E-state index contributed by atoms with van der Waals surface area (Å²) in [6, 6.07) is -0.972. The van der Waals surface area contributed by atoms with Crippen LogP contribution in [0.15, 0.2) is 0 Å². The number of hydrogen-bond donors (Lipinski definition) is 4. The Morgan fingerprint density at radius 1 is 1.00 bits per heavy atom. The van der Waals surface area contributed by atoms with Gasteiger partial charge in [0.05, 0.1) is 6.54 Å². The molecule has 0 aromatic heterocycles. The molecule has 0 rings (SSSR count). The monoisotopic (exact) mass is 343 g/mol. The van der Waals surface area contributed by atoms with E-state index >= 15 is 0 Å². The molecule has 0 aliphatic heterocycles. The van der Waals surface area contributed by atoms with Crippen molar-refractivity contribution in [3.63, 3.8) is 0 Å². The van der Waals surface area contributed by atoms with Crippen molar-refractivity contribution in [1.29, 1.82) is 0 Å². The van der Waals surface area contributed by atoms with Crippen LogP contribution in [0.3, 0.4) is 0 Å². The van der Waals surface area contributed by atoms with E-state index < -0.39 is 29.2 Å². The van der Waals surface area contributed by atoms with Crippen LogP contribution >= 0.6 is 0 Å². The van der Waals surface area contributed by atoms with Crippen LogP contribution in [0.1, 0.15) is 47.5 Å². The molecular weight excluding hydrogens is 314 g/mol. The van der Waals surface area contributed by atoms with Gasteiger partial charge in [-0.1, -0.05) is 34.6 Å². The average Bonchev–Trinajstić information content (AvgIpc) is 2.42. The van der Waals surface area contributed by atoms with Crippen LogP contribution < -0.4 is 16.0 Å². The molecule has 0 radical (unpaired) electrons. The number of carboxylic acid groups (broad SMARTS) is 1. The molecule has 0 unspecified atom stereocenters. The summed E-state index contributed by atoms with van der Waals surface area (Å²) in [6.07, 6.45) is 0.358. The molecule has 1 atom stereocenters. The third kappa shape index (κ3) is 9.81. The fraction of sp³-hybridized carbons (Fsp3) is 0.750. The van der Waals surface area contributed by atoms with Gasteiger partial charge < -0.3 is 21.1 Å². The van der Waals surface area contributed by atoms with Gasteiger partial charge in [0, 0.05) is 18.4 Å². The smallest absolute Gasteiger partial charge is 0.326 e. The minimum Gasteiger partial charge on any atom is -0.480 e. The topological polar surface area (TPSA) is 125 Å². The molecule has 0 aromatic rings. The van der Waals surface area contributed by atoms with Crippen molar-refractivity contribution < 1.29 is 24.3 Å². The van der Waals surface area contributed by atoms with Gasteiger partial charge in [0.1, 0.15) is 6.04 Å². The summed E-state index contributed by atoms with van der Waals surface area (Å²) < 4.78 is 0. The molecule has 0 saturated carbocycles. The van der Waals surface area contributed by atoms with E-state index in [0.29, 0.717) is 6.42 Å². The van der Waals surface area contributed by atoms with Crippen LogP contribution in [0.5, 0.6) is 0 Å². The first-order valence-corrected chi connectivity index (χ1v) is 8.00. The largest absolute Gasteiger partial charge is 0.480 e. The Kier molecular flexibility index (Phi) is 9.02. The molecule has 24 heavy (non-hydrogen) atoms. The van der Waals surface area contributed by atoms with Gasteiger partial charge in [0.2, 0.25) is 17.7 Å². The Balaban J connectivity index is 4.11. The van der Waals surface area contributed by atoms with E-state index in [1.807, 2.05) is 13.8 Å². The van der Waals surface area contributed by atoms with Crippen LogP contribution in [0.4, 0.5) is 0 Å². The minimum absolute atomic E-state index is 0.0451. The zero-order chi connectivity index (χ0) is 18.9. The molecule has 0 fully saturated rings. The van der Waals surface area contributed by atoms with Crippen LogP contribution in [0.2, 0.25) is 0 Å². The fourth-order valence-corrected chi connectivity index (χ4v) is 1.76. The summed E-state index contributed by atoms with van der Waals surface area (Å²) in [5.41, 5.74) is -0.529. The van der Waals surface area contributed by atoms with Gasteiger partial charge in [-0.15, -0.1) is 0 Å². The van der Waals surface area contributed by atoms with E-state index in [2.05, 4.69) is 16.0 Å². The normalized spacial score (nSPS) is 12.4. The van der Waals surface area contributed by atoms with Crippen molar-refractivity contribution in [1.82, 2.24) is 16.0 Å². The van der Waals surface area contributed by atoms with Gasteiger partial charge in [-0.05, 0) is 12.3 Å². The van der Waals surface area contributed by atoms with Crippen molar-refractivity contribution in [2.24, 2.45) is 11.3 Å². The van der Waals surface area contributed by atoms with Crippen LogP contribution in [0.25, 0.3) is 0 Å². The van der Waals surface area contributed by atoms with Crippen LogP contribution in [-0.2, 0) is 19.2 Å². The molecule has 0 bridgehead atoms. The molecule has 3 amide bonds. The first kappa shape index (κ1) is 21.9. The lowest BCUT2D eigenvalue weighted by molar-refractivity contribution is -0.142. The summed E-state index contributed by atoms with van der Waals surface area (Å²) in [5, 5.41) is 16.4. The maximum atomic E-state index is 11.7. The number of rotatable bonds is 9. The number of hydrogen-bond acceptors (Lipinski definition) is 4. The predicted octanol–water partition coefficient (Wildman–Crippen LogP) is 0.271. The van der Waals surface area contributed by atoms with Crippen molar-refractivity contribution in [3.05, 3.63) is 0 Å². The van der Waals surface area contributed by atoms with Gasteiger partial charge in [-0.25, -0.2) is 4.79 Å². The second kappa shape index (κ2) is 9.89. The van der Waals surface area contributed by atoms with Gasteiger partial charge >= 0.3 is 5.97 Å². The molecule has 138 valence electrons. The third-order valence-corrected chi connectivity index (χ3v) is 3.11. The molecule has 8 heteroatoms. The molecule has 0 spiro atoms. The fourth-order valence-electron chi connectivity index (χ4n) is 1.76. The van der Waals surface area contributed by atoms with Gasteiger partial charge in [0.25, 0.3) is 0 Å². The summed E-state index contributed by atoms with van der Waals surface area (Å²) in [5.74, 6) is -2.10. The zero-order valence-electron chi connectivity index (χ0n) is 15.1. The Bertz CT molecular complexity index is 469. The number of nitrogens with one attached hydrogen (secondary N) is 3. The SMILES string of the molecule is CC(C)C[C@H](NC(=O)CNC(=O)CCNC(=O)C(C)(C)C)C(=O)O. The Labute approximate surface area is 142 Å². The zero-order valence-corrected chi connectivity index (χ0v) is 15.1. The van der Waals surface area contributed by atoms with E-state index in [0.717, 1.165) is 0 Å². The highest BCUT2D eigenvalue weighted by Crippen LogP contribution is 2.12. The first-order valence-electron chi connectivity index (χ1n) is 8.00. The summed E-state index contributed by atoms with van der Waals surface area (Å²) in [4.78, 5) is 46.0. The summed E-state index contributed by atoms with van der Waals surface area (Å²) in [7, 11) is 0. The molecular formula is C16H29N3O5. The highest BCUT2D eigenvalue weighted by molar-refractivity contribution is 5.88. The number of carbonyl (C=O) groups is 4. The van der Waals surface area contributed by atoms with Crippen LogP contribution in [-0.4, -0.2) is 47.9 Å². The van der Waals surface area contributed by atoms with E-state index in [-0.39, 0.29) is 31.3 Å². The maximum Gasteiger partial charge on any atom is 0.326 e. The van der Waals surface area contributed by atoms with E-state index in [4.69, 9.17) is 5.11 Å². The van der Waals surface area contributed by atoms with Gasteiger partial charge in [-0.3, -0.25) is 14.4 Å². The summed E-state index contributed by atoms with van der Waals surface area (Å²) >= 11 is 0. The van der Waals surface area contributed by atoms with Crippen molar-refractivity contribution in [2.45, 2.75) is 53.5 Å². The standard InChI is InChI=1S/C16H29N3O5/c1-10(2)8-11(14(22)23)19-13(21)9-18-12(20)6-7-17-15(24)16(3,4)5/h10-11H,6-9H2,1-5H3,(H,17,24)(H,18,20)(H,19,21)(H,22,23)/t11-/m0/s1. The van der Waals surface area contributed by atoms with Crippen LogP contribution in [0, 0.1) is 11.3 Å². The van der Waals surface area contributed by atoms with E-state index in [9.17, 15) is 19.2 Å². The molecule has 0 heterocycles. The lowest BCUT2D eigenvalue weighted by Crippen LogP contribution is -2.46. The number of aliphatic carboxylic acids is 1. The molecule has 0 saturated heterocycles. The van der Waals surface area contributed by atoms with Crippen molar-refractivity contribution in [3.8, 4) is 0 Å². The number of carbonyl (C=O) groups excluding carboxylic acids is 3. The predicted molar refractivity (Wildman–Crippen MR) is 89.1 cm³/mol. The molecule has 4 N–H and O–H groups in total. The lowest BCUT2D eigenvalue weighted by Gasteiger charge is -2.18. The Morgan fingerprint density at radius 3 is 2.04 bits per heavy atom. The molecule has 0 aromatic carbocycles. The average molecular weight is 343 g/mol. The lowest BCUT2D eigenvalue weighted by atomic mass is 9.96.